The number of hydrogen-bond donors (Lipinski definition) is 2. The van der Waals surface area contributed by atoms with Crippen molar-refractivity contribution in [3.63, 3.8) is 0 Å². The largest absolute Gasteiger partial charge is 0.384 e. The van der Waals surface area contributed by atoms with Gasteiger partial charge in [0, 0.05) is 44.2 Å². The van der Waals surface area contributed by atoms with Crippen LogP contribution in [0, 0.1) is 11.7 Å². The zero-order valence-electron chi connectivity index (χ0n) is 23.2. The van der Waals surface area contributed by atoms with E-state index < -0.39 is 11.4 Å². The van der Waals surface area contributed by atoms with Crippen molar-refractivity contribution in [3.05, 3.63) is 47.4 Å². The molecule has 2 aliphatic heterocycles. The number of nitrogens with zero attached hydrogens (tertiary/aromatic N) is 5. The van der Waals surface area contributed by atoms with E-state index in [1.54, 1.807) is 29.4 Å². The number of hydrogen-bond acceptors (Lipinski definition) is 6. The number of pyridine rings is 1. The highest BCUT2D eigenvalue weighted by Crippen LogP contribution is 2.37. The first-order valence-corrected chi connectivity index (χ1v) is 14.2. The summed E-state index contributed by atoms with van der Waals surface area (Å²) in [6, 6.07) is 8.99. The highest BCUT2D eigenvalue weighted by Gasteiger charge is 2.35. The summed E-state index contributed by atoms with van der Waals surface area (Å²) in [4.78, 5) is 25.0. The Hall–Kier alpha value is -3.34. The minimum Gasteiger partial charge on any atom is -0.384 e. The SMILES string of the molecule is Cn1c(-c2cc3ccc(C(C)(C)O)nc3n2CC2CC2)nc2cc(C(=O)N3CC[C@@H]4OCCN[C@@H]4C3)cc(F)c21. The Labute approximate surface area is 231 Å². The molecule has 10 heteroatoms. The van der Waals surface area contributed by atoms with Crippen molar-refractivity contribution in [2.45, 2.75) is 57.4 Å². The highest BCUT2D eigenvalue weighted by atomic mass is 19.1. The van der Waals surface area contributed by atoms with Crippen molar-refractivity contribution >= 4 is 28.0 Å². The van der Waals surface area contributed by atoms with E-state index in [1.165, 1.54) is 6.07 Å². The van der Waals surface area contributed by atoms with E-state index in [1.807, 2.05) is 25.2 Å². The number of amides is 1. The minimum absolute atomic E-state index is 0.0976. The number of imidazole rings is 1. The van der Waals surface area contributed by atoms with Gasteiger partial charge in [0.15, 0.2) is 5.82 Å². The number of fused-ring (bicyclic) bond motifs is 3. The summed E-state index contributed by atoms with van der Waals surface area (Å²) in [5.41, 5.74) is 2.28. The molecular weight excluding hydrogens is 511 g/mol. The number of rotatable bonds is 5. The van der Waals surface area contributed by atoms with E-state index in [9.17, 15) is 9.90 Å². The van der Waals surface area contributed by atoms with E-state index in [0.29, 0.717) is 53.7 Å². The van der Waals surface area contributed by atoms with Crippen molar-refractivity contribution in [1.29, 1.82) is 0 Å². The summed E-state index contributed by atoms with van der Waals surface area (Å²) in [6.07, 6.45) is 3.20. The van der Waals surface area contributed by atoms with Crippen molar-refractivity contribution in [2.24, 2.45) is 13.0 Å². The van der Waals surface area contributed by atoms with Gasteiger partial charge in [0.1, 0.15) is 22.6 Å². The lowest BCUT2D eigenvalue weighted by atomic mass is 9.99. The quantitative estimate of drug-likeness (QED) is 0.397. The Bertz CT molecular complexity index is 1630. The molecule has 1 aromatic carbocycles. The molecule has 4 aromatic rings. The van der Waals surface area contributed by atoms with Crippen LogP contribution in [0.4, 0.5) is 4.39 Å². The zero-order chi connectivity index (χ0) is 27.8. The van der Waals surface area contributed by atoms with Crippen LogP contribution >= 0.6 is 0 Å². The van der Waals surface area contributed by atoms with Crippen molar-refractivity contribution in [2.75, 3.05) is 26.2 Å². The highest BCUT2D eigenvalue weighted by molar-refractivity contribution is 5.98. The molecule has 210 valence electrons. The third-order valence-corrected chi connectivity index (χ3v) is 8.58. The molecule has 3 fully saturated rings. The van der Waals surface area contributed by atoms with Crippen molar-refractivity contribution in [1.82, 2.24) is 29.3 Å². The van der Waals surface area contributed by atoms with Gasteiger partial charge in [-0.05, 0) is 69.4 Å². The standard InChI is InChI=1S/C30H35FN6O3/c1-30(2,39)25-7-6-18-14-23(37(27(18)34-25)15-17-4-5-17)28-33-21-13-19(12-20(31)26(21)35(28)3)29(38)36-10-8-24-22(16-36)32-9-11-40-24/h6-7,12-14,17,22,24,32,39H,4-5,8-11,15-16H2,1-3H3/t22-,24+/m1/s1. The number of aryl methyl sites for hydroxylation is 1. The predicted molar refractivity (Wildman–Crippen MR) is 149 cm³/mol. The molecular formula is C30H35FN6O3. The summed E-state index contributed by atoms with van der Waals surface area (Å²) in [7, 11) is 1.81. The Morgan fingerprint density at radius 1 is 1.20 bits per heavy atom. The van der Waals surface area contributed by atoms with E-state index >= 15 is 4.39 Å². The number of carbonyl (C=O) groups is 1. The second kappa shape index (κ2) is 9.36. The first-order valence-electron chi connectivity index (χ1n) is 14.2. The van der Waals surface area contributed by atoms with Gasteiger partial charge in [-0.2, -0.15) is 0 Å². The first kappa shape index (κ1) is 25.6. The van der Waals surface area contributed by atoms with Gasteiger partial charge >= 0.3 is 0 Å². The lowest BCUT2D eigenvalue weighted by molar-refractivity contribution is -0.0383. The smallest absolute Gasteiger partial charge is 0.254 e. The van der Waals surface area contributed by atoms with E-state index in [0.717, 1.165) is 49.1 Å². The molecule has 5 heterocycles. The number of likely N-dealkylation sites (tertiary alicyclic amines) is 1. The van der Waals surface area contributed by atoms with Crippen LogP contribution in [0.25, 0.3) is 33.6 Å². The van der Waals surface area contributed by atoms with E-state index in [-0.39, 0.29) is 18.1 Å². The molecule has 3 aromatic heterocycles. The lowest BCUT2D eigenvalue weighted by Gasteiger charge is -2.41. The van der Waals surface area contributed by atoms with Gasteiger partial charge in [0.2, 0.25) is 0 Å². The predicted octanol–water partition coefficient (Wildman–Crippen LogP) is 3.57. The normalized spacial score (nSPS) is 21.8. The van der Waals surface area contributed by atoms with Crippen LogP contribution in [0.2, 0.25) is 0 Å². The molecule has 2 N–H and O–H groups in total. The Morgan fingerprint density at radius 2 is 2.02 bits per heavy atom. The monoisotopic (exact) mass is 546 g/mol. The second-order valence-corrected chi connectivity index (χ2v) is 12.1. The summed E-state index contributed by atoms with van der Waals surface area (Å²) in [6.45, 7) is 6.82. The number of nitrogens with one attached hydrogen (secondary N) is 1. The fourth-order valence-corrected chi connectivity index (χ4v) is 6.19. The molecule has 0 spiro atoms. The molecule has 0 unspecified atom stereocenters. The van der Waals surface area contributed by atoms with Crippen LogP contribution in [0.5, 0.6) is 0 Å². The van der Waals surface area contributed by atoms with Gasteiger partial charge in [0.05, 0.1) is 35.7 Å². The zero-order valence-corrected chi connectivity index (χ0v) is 23.2. The van der Waals surface area contributed by atoms with Crippen LogP contribution in [-0.4, -0.2) is 73.4 Å². The fraction of sp³-hybridized carbons (Fsp3) is 0.500. The van der Waals surface area contributed by atoms with Gasteiger partial charge in [-0.3, -0.25) is 4.79 Å². The van der Waals surface area contributed by atoms with Crippen LogP contribution < -0.4 is 5.32 Å². The molecule has 1 aliphatic carbocycles. The summed E-state index contributed by atoms with van der Waals surface area (Å²) < 4.78 is 25.4. The third-order valence-electron chi connectivity index (χ3n) is 8.58. The number of aliphatic hydroxyl groups is 1. The number of halogens is 1. The molecule has 1 amide bonds. The van der Waals surface area contributed by atoms with Gasteiger partial charge in [-0.1, -0.05) is 0 Å². The van der Waals surface area contributed by atoms with E-state index in [2.05, 4.69) is 9.88 Å². The molecule has 3 aliphatic rings. The molecule has 2 saturated heterocycles. The number of piperidine rings is 1. The number of carbonyl (C=O) groups excluding carboxylic acids is 1. The number of benzene rings is 1. The Kier molecular flexibility index (Phi) is 5.99. The molecule has 1 saturated carbocycles. The topological polar surface area (TPSA) is 97.4 Å². The molecule has 9 nitrogen and oxygen atoms in total. The molecule has 2 atom stereocenters. The maximum atomic E-state index is 15.6. The average molecular weight is 547 g/mol. The number of aromatic nitrogens is 4. The molecule has 0 radical (unpaired) electrons. The first-order chi connectivity index (χ1) is 19.2. The summed E-state index contributed by atoms with van der Waals surface area (Å²) >= 11 is 0. The van der Waals surface area contributed by atoms with Gasteiger partial charge in [-0.25, -0.2) is 14.4 Å². The minimum atomic E-state index is -1.07. The van der Waals surface area contributed by atoms with Gasteiger partial charge in [0.25, 0.3) is 5.91 Å². The third kappa shape index (κ3) is 4.38. The number of ether oxygens (including phenoxy) is 1. The summed E-state index contributed by atoms with van der Waals surface area (Å²) in [5, 5.41) is 15.0. The van der Waals surface area contributed by atoms with Gasteiger partial charge in [-0.15, -0.1) is 0 Å². The van der Waals surface area contributed by atoms with Crippen LogP contribution in [0.1, 0.15) is 49.2 Å². The fourth-order valence-electron chi connectivity index (χ4n) is 6.19. The van der Waals surface area contributed by atoms with Gasteiger partial charge < -0.3 is 29.2 Å². The molecule has 7 rings (SSSR count). The Morgan fingerprint density at radius 3 is 2.80 bits per heavy atom. The second-order valence-electron chi connectivity index (χ2n) is 12.1. The molecule has 0 bridgehead atoms. The number of morpholine rings is 1. The van der Waals surface area contributed by atoms with Crippen LogP contribution in [0.3, 0.4) is 0 Å². The van der Waals surface area contributed by atoms with E-state index in [4.69, 9.17) is 14.7 Å². The van der Waals surface area contributed by atoms with Crippen molar-refractivity contribution in [3.8, 4) is 11.5 Å². The average Bonchev–Trinajstić information content (AvgIpc) is 3.60. The maximum Gasteiger partial charge on any atom is 0.254 e. The maximum absolute atomic E-state index is 15.6. The van der Waals surface area contributed by atoms with Crippen LogP contribution in [0.15, 0.2) is 30.3 Å². The van der Waals surface area contributed by atoms with Crippen molar-refractivity contribution < 1.29 is 19.0 Å². The lowest BCUT2D eigenvalue weighted by Crippen LogP contribution is -2.59. The summed E-state index contributed by atoms with van der Waals surface area (Å²) in [5.74, 6) is 0.519. The molecule has 40 heavy (non-hydrogen) atoms. The van der Waals surface area contributed by atoms with Crippen LogP contribution in [-0.2, 0) is 23.9 Å². The Balaban J connectivity index is 1.28.